The van der Waals surface area contributed by atoms with Crippen molar-refractivity contribution < 1.29 is 33.5 Å². The van der Waals surface area contributed by atoms with Gasteiger partial charge in [-0.3, -0.25) is 14.4 Å². The van der Waals surface area contributed by atoms with Gasteiger partial charge in [0.1, 0.15) is 24.9 Å². The Morgan fingerprint density at radius 1 is 1.03 bits per heavy atom. The number of nitrogens with one attached hydrogen (secondary N) is 1. The Bertz CT molecular complexity index is 1100. The summed E-state index contributed by atoms with van der Waals surface area (Å²) in [5, 5.41) is 0. The second-order valence-electron chi connectivity index (χ2n) is 8.72. The summed E-state index contributed by atoms with van der Waals surface area (Å²) in [5.74, 6) is -1.16. The molecule has 2 atom stereocenters. The molecule has 1 saturated heterocycles. The third-order valence-corrected chi connectivity index (χ3v) is 6.73. The molecule has 1 N–H and O–H groups in total. The Kier molecular flexibility index (Phi) is 7.70. The zero-order chi connectivity index (χ0) is 24.9. The number of likely N-dealkylation sites (N-methyl/N-ethyl adjacent to an activating group) is 1. The van der Waals surface area contributed by atoms with E-state index in [4.69, 9.17) is 14.2 Å². The van der Waals surface area contributed by atoms with Crippen molar-refractivity contribution in [1.82, 2.24) is 4.90 Å². The fraction of sp³-hybridized carbons (Fsp3) is 0.444. The molecule has 8 heteroatoms. The number of hydrogen-bond acceptors (Lipinski definition) is 6. The molecule has 8 nitrogen and oxygen atoms in total. The molecular weight excluding hydrogens is 448 g/mol. The van der Waals surface area contributed by atoms with Gasteiger partial charge in [-0.05, 0) is 56.7 Å². The number of amides is 1. The molecule has 2 aromatic carbocycles. The van der Waals surface area contributed by atoms with E-state index in [1.807, 2.05) is 31.2 Å². The molecule has 0 radical (unpaired) electrons. The zero-order valence-electron chi connectivity index (χ0n) is 20.5. The van der Waals surface area contributed by atoms with Crippen LogP contribution in [0.5, 0.6) is 17.2 Å². The Balaban J connectivity index is 1.72. The summed E-state index contributed by atoms with van der Waals surface area (Å²) in [6, 6.07) is 11.5. The molecular formula is C27H33N2O6+. The van der Waals surface area contributed by atoms with Crippen molar-refractivity contribution in [3.8, 4) is 17.2 Å². The number of quaternary nitrogens is 1. The summed E-state index contributed by atoms with van der Waals surface area (Å²) in [7, 11) is 0. The topological polar surface area (TPSA) is 86.6 Å². The quantitative estimate of drug-likeness (QED) is 0.316. The van der Waals surface area contributed by atoms with Crippen molar-refractivity contribution >= 4 is 17.5 Å². The van der Waals surface area contributed by atoms with Crippen LogP contribution in [0, 0.1) is 5.92 Å². The SMILES string of the molecule is CCOc1cccc(C2C(C(=O)c3ccc4c(c3)OCCO4)C(=O)C(=O)N2CC[NH+](CC)CC)c1. The van der Waals surface area contributed by atoms with E-state index in [2.05, 4.69) is 13.8 Å². The van der Waals surface area contributed by atoms with Gasteiger partial charge in [0.05, 0.1) is 38.8 Å². The van der Waals surface area contributed by atoms with Gasteiger partial charge in [0.2, 0.25) is 5.78 Å². The number of rotatable bonds is 10. The van der Waals surface area contributed by atoms with E-state index in [0.29, 0.717) is 61.3 Å². The Labute approximate surface area is 205 Å². The lowest BCUT2D eigenvalue weighted by atomic mass is 9.86. The molecule has 4 rings (SSSR count). The van der Waals surface area contributed by atoms with Crippen molar-refractivity contribution in [2.75, 3.05) is 46.0 Å². The summed E-state index contributed by atoms with van der Waals surface area (Å²) in [6.45, 7) is 10.3. The molecule has 2 unspecified atom stereocenters. The molecule has 0 saturated carbocycles. The fourth-order valence-corrected chi connectivity index (χ4v) is 4.81. The second-order valence-corrected chi connectivity index (χ2v) is 8.72. The summed E-state index contributed by atoms with van der Waals surface area (Å²) < 4.78 is 16.9. The van der Waals surface area contributed by atoms with Gasteiger partial charge in [0, 0.05) is 5.56 Å². The third-order valence-electron chi connectivity index (χ3n) is 6.73. The number of ether oxygens (including phenoxy) is 3. The van der Waals surface area contributed by atoms with E-state index in [1.54, 1.807) is 23.1 Å². The number of Topliss-reactive ketones (excluding diaryl/α,β-unsaturated/α-hetero) is 2. The molecule has 0 spiro atoms. The van der Waals surface area contributed by atoms with Crippen LogP contribution in [-0.4, -0.2) is 68.4 Å². The average Bonchev–Trinajstić information content (AvgIpc) is 3.14. The fourth-order valence-electron chi connectivity index (χ4n) is 4.81. The van der Waals surface area contributed by atoms with Crippen molar-refractivity contribution in [1.29, 1.82) is 0 Å². The lowest BCUT2D eigenvalue weighted by molar-refractivity contribution is -0.895. The molecule has 1 fully saturated rings. The minimum absolute atomic E-state index is 0.322. The lowest BCUT2D eigenvalue weighted by Gasteiger charge is -2.28. The summed E-state index contributed by atoms with van der Waals surface area (Å²) in [4.78, 5) is 43.1. The summed E-state index contributed by atoms with van der Waals surface area (Å²) in [5.41, 5.74) is 1.03. The highest BCUT2D eigenvalue weighted by atomic mass is 16.6. The molecule has 2 aromatic rings. The summed E-state index contributed by atoms with van der Waals surface area (Å²) in [6.07, 6.45) is 0. The number of fused-ring (bicyclic) bond motifs is 1. The molecule has 2 aliphatic rings. The summed E-state index contributed by atoms with van der Waals surface area (Å²) >= 11 is 0. The Morgan fingerprint density at radius 2 is 1.77 bits per heavy atom. The normalized spacial score (nSPS) is 19.4. The third kappa shape index (κ3) is 5.03. The molecule has 0 aromatic heterocycles. The van der Waals surface area contributed by atoms with E-state index in [0.717, 1.165) is 13.1 Å². The first kappa shape index (κ1) is 24.7. The second kappa shape index (κ2) is 10.9. The number of hydrogen-bond donors (Lipinski definition) is 1. The van der Waals surface area contributed by atoms with Crippen molar-refractivity contribution in [3.05, 3.63) is 53.6 Å². The molecule has 2 aliphatic heterocycles. The average molecular weight is 482 g/mol. The van der Waals surface area contributed by atoms with E-state index in [1.165, 1.54) is 4.90 Å². The van der Waals surface area contributed by atoms with Crippen molar-refractivity contribution in [2.45, 2.75) is 26.8 Å². The van der Waals surface area contributed by atoms with Crippen LogP contribution < -0.4 is 19.1 Å². The monoisotopic (exact) mass is 481 g/mol. The number of carbonyl (C=O) groups excluding carboxylic acids is 3. The van der Waals surface area contributed by atoms with E-state index < -0.39 is 29.4 Å². The highest BCUT2D eigenvalue weighted by Crippen LogP contribution is 2.40. The van der Waals surface area contributed by atoms with Crippen LogP contribution in [0.25, 0.3) is 0 Å². The van der Waals surface area contributed by atoms with E-state index >= 15 is 0 Å². The van der Waals surface area contributed by atoms with Crippen LogP contribution in [0.15, 0.2) is 42.5 Å². The standard InChI is InChI=1S/C27H32N2O6/c1-4-28(5-2)12-13-29-24(18-8-7-9-20(16-18)33-6-3)23(26(31)27(29)32)25(30)19-10-11-21-22(17-19)35-15-14-34-21/h7-11,16-17,23-24H,4-6,12-15H2,1-3H3/p+1. The van der Waals surface area contributed by atoms with E-state index in [9.17, 15) is 14.4 Å². The molecule has 0 bridgehead atoms. The van der Waals surface area contributed by atoms with Crippen LogP contribution >= 0.6 is 0 Å². The van der Waals surface area contributed by atoms with Crippen molar-refractivity contribution in [3.63, 3.8) is 0 Å². The van der Waals surface area contributed by atoms with Crippen LogP contribution in [0.1, 0.15) is 42.7 Å². The van der Waals surface area contributed by atoms with Gasteiger partial charge in [0.25, 0.3) is 5.91 Å². The molecule has 0 aliphatic carbocycles. The smallest absolute Gasteiger partial charge is 0.291 e. The molecule has 1 amide bonds. The van der Waals surface area contributed by atoms with Gasteiger partial charge in [-0.25, -0.2) is 0 Å². The number of benzene rings is 2. The number of likely N-dealkylation sites (tertiary alicyclic amines) is 1. The van der Waals surface area contributed by atoms with Crippen molar-refractivity contribution in [2.24, 2.45) is 5.92 Å². The van der Waals surface area contributed by atoms with Gasteiger partial charge in [-0.2, -0.15) is 0 Å². The van der Waals surface area contributed by atoms with Crippen LogP contribution in [0.4, 0.5) is 0 Å². The maximum atomic E-state index is 13.7. The van der Waals surface area contributed by atoms with Gasteiger partial charge >= 0.3 is 0 Å². The van der Waals surface area contributed by atoms with E-state index in [-0.39, 0.29) is 0 Å². The number of nitrogens with zero attached hydrogens (tertiary/aromatic N) is 1. The zero-order valence-corrected chi connectivity index (χ0v) is 20.5. The molecule has 2 heterocycles. The number of carbonyl (C=O) groups is 3. The first-order chi connectivity index (χ1) is 17.0. The van der Waals surface area contributed by atoms with Gasteiger partial charge in [-0.1, -0.05) is 12.1 Å². The maximum Gasteiger partial charge on any atom is 0.291 e. The largest absolute Gasteiger partial charge is 0.494 e. The van der Waals surface area contributed by atoms with Crippen LogP contribution in [0.2, 0.25) is 0 Å². The maximum absolute atomic E-state index is 13.7. The highest BCUT2D eigenvalue weighted by molar-refractivity contribution is 6.44. The minimum atomic E-state index is -1.14. The highest BCUT2D eigenvalue weighted by Gasteiger charge is 2.52. The van der Waals surface area contributed by atoms with Crippen LogP contribution in [0.3, 0.4) is 0 Å². The Morgan fingerprint density at radius 3 is 2.49 bits per heavy atom. The minimum Gasteiger partial charge on any atom is -0.494 e. The predicted octanol–water partition coefficient (Wildman–Crippen LogP) is 1.73. The Hall–Kier alpha value is -3.39. The van der Waals surface area contributed by atoms with Gasteiger partial charge in [-0.15, -0.1) is 0 Å². The first-order valence-electron chi connectivity index (χ1n) is 12.3. The molecule has 35 heavy (non-hydrogen) atoms. The predicted molar refractivity (Wildman–Crippen MR) is 129 cm³/mol. The van der Waals surface area contributed by atoms with Crippen LogP contribution in [-0.2, 0) is 9.59 Å². The van der Waals surface area contributed by atoms with Gasteiger partial charge in [0.15, 0.2) is 17.3 Å². The lowest BCUT2D eigenvalue weighted by Crippen LogP contribution is -3.12. The van der Waals surface area contributed by atoms with Gasteiger partial charge < -0.3 is 24.0 Å². The number of ketones is 2. The molecule has 186 valence electrons. The first-order valence-corrected chi connectivity index (χ1v) is 12.3.